The second-order valence-electron chi connectivity index (χ2n) is 5.32. The number of aryl methyl sites for hydroxylation is 1. The van der Waals surface area contributed by atoms with Gasteiger partial charge in [-0.2, -0.15) is 0 Å². The highest BCUT2D eigenvalue weighted by Gasteiger charge is 2.35. The summed E-state index contributed by atoms with van der Waals surface area (Å²) in [4.78, 5) is 0. The van der Waals surface area contributed by atoms with E-state index in [1.807, 2.05) is 6.92 Å². The molecule has 1 aliphatic carbocycles. The summed E-state index contributed by atoms with van der Waals surface area (Å²) in [6.07, 6.45) is 6.06. The molecule has 2 nitrogen and oxygen atoms in total. The van der Waals surface area contributed by atoms with Crippen molar-refractivity contribution in [1.29, 1.82) is 0 Å². The lowest BCUT2D eigenvalue weighted by Crippen LogP contribution is -2.37. The first-order chi connectivity index (χ1) is 8.64. The van der Waals surface area contributed by atoms with Crippen molar-refractivity contribution >= 4 is 11.6 Å². The summed E-state index contributed by atoms with van der Waals surface area (Å²) >= 11 is 6.54. The first-order valence-electron chi connectivity index (χ1n) is 6.68. The molecule has 3 heteroatoms. The van der Waals surface area contributed by atoms with Crippen LogP contribution in [0.2, 0.25) is 5.02 Å². The lowest BCUT2D eigenvalue weighted by Gasteiger charge is -2.37. The Morgan fingerprint density at radius 2 is 1.94 bits per heavy atom. The van der Waals surface area contributed by atoms with Gasteiger partial charge in [-0.3, -0.25) is 0 Å². The molecule has 1 aromatic carbocycles. The quantitative estimate of drug-likeness (QED) is 0.904. The molecule has 0 aromatic heterocycles. The van der Waals surface area contributed by atoms with Gasteiger partial charge >= 0.3 is 0 Å². The fourth-order valence-corrected chi connectivity index (χ4v) is 3.61. The topological polar surface area (TPSA) is 35.2 Å². The van der Waals surface area contributed by atoms with Gasteiger partial charge < -0.3 is 10.5 Å². The van der Waals surface area contributed by atoms with Crippen LogP contribution in [0, 0.1) is 6.92 Å². The number of hydrogen-bond donors (Lipinski definition) is 1. The molecule has 2 rings (SSSR count). The van der Waals surface area contributed by atoms with Crippen molar-refractivity contribution in [2.45, 2.75) is 44.4 Å². The summed E-state index contributed by atoms with van der Waals surface area (Å²) in [5.74, 6) is 0.799. The number of ether oxygens (including phenoxy) is 1. The van der Waals surface area contributed by atoms with Crippen molar-refractivity contribution in [3.63, 3.8) is 0 Å². The predicted molar refractivity (Wildman–Crippen MR) is 76.6 cm³/mol. The van der Waals surface area contributed by atoms with E-state index in [9.17, 15) is 0 Å². The molecule has 1 aliphatic rings. The molecule has 18 heavy (non-hydrogen) atoms. The molecular weight excluding hydrogens is 246 g/mol. The summed E-state index contributed by atoms with van der Waals surface area (Å²) < 4.78 is 5.42. The smallest absolute Gasteiger partial charge is 0.140 e. The molecule has 100 valence electrons. The maximum absolute atomic E-state index is 6.54. The zero-order valence-corrected chi connectivity index (χ0v) is 12.0. The molecule has 0 bridgehead atoms. The zero-order valence-electron chi connectivity index (χ0n) is 11.3. The minimum Gasteiger partial charge on any atom is -0.495 e. The third-order valence-corrected chi connectivity index (χ3v) is 4.65. The van der Waals surface area contributed by atoms with Crippen LogP contribution in [0.15, 0.2) is 12.1 Å². The Kier molecular flexibility index (Phi) is 4.18. The Bertz CT molecular complexity index is 425. The zero-order chi connectivity index (χ0) is 13.2. The first-order valence-corrected chi connectivity index (χ1v) is 7.06. The van der Waals surface area contributed by atoms with Crippen LogP contribution in [0.1, 0.15) is 43.2 Å². The second-order valence-corrected chi connectivity index (χ2v) is 5.70. The highest BCUT2D eigenvalue weighted by molar-refractivity contribution is 6.33. The van der Waals surface area contributed by atoms with Gasteiger partial charge in [0, 0.05) is 12.0 Å². The van der Waals surface area contributed by atoms with Crippen molar-refractivity contribution in [1.82, 2.24) is 0 Å². The summed E-state index contributed by atoms with van der Waals surface area (Å²) in [7, 11) is 1.67. The first kappa shape index (κ1) is 13.7. The SMILES string of the molecule is COc1c(C)ccc(C2(CN)CCCCC2)c1Cl. The van der Waals surface area contributed by atoms with E-state index in [-0.39, 0.29) is 5.41 Å². The van der Waals surface area contributed by atoms with Crippen molar-refractivity contribution in [2.75, 3.05) is 13.7 Å². The van der Waals surface area contributed by atoms with Gasteiger partial charge in [0.15, 0.2) is 0 Å². The van der Waals surface area contributed by atoms with Crippen molar-refractivity contribution < 1.29 is 4.74 Å². The van der Waals surface area contributed by atoms with Gasteiger partial charge in [-0.25, -0.2) is 0 Å². The molecule has 0 heterocycles. The molecule has 0 atom stereocenters. The third-order valence-electron chi connectivity index (χ3n) is 4.27. The maximum atomic E-state index is 6.54. The molecule has 1 saturated carbocycles. The number of hydrogen-bond acceptors (Lipinski definition) is 2. The lowest BCUT2D eigenvalue weighted by atomic mass is 9.69. The van der Waals surface area contributed by atoms with E-state index in [1.54, 1.807) is 7.11 Å². The third kappa shape index (κ3) is 2.24. The summed E-state index contributed by atoms with van der Waals surface area (Å²) in [6.45, 7) is 2.68. The summed E-state index contributed by atoms with van der Waals surface area (Å²) in [5, 5.41) is 0.754. The van der Waals surface area contributed by atoms with Crippen LogP contribution in [0.4, 0.5) is 0 Å². The Balaban J connectivity index is 2.48. The lowest BCUT2D eigenvalue weighted by molar-refractivity contribution is 0.299. The van der Waals surface area contributed by atoms with Gasteiger partial charge in [-0.15, -0.1) is 0 Å². The Hall–Kier alpha value is -0.730. The van der Waals surface area contributed by atoms with Crippen LogP contribution < -0.4 is 10.5 Å². The Labute approximate surface area is 114 Å². The standard InChI is InChI=1S/C15H22ClNO/c1-11-6-7-12(13(16)14(11)18-2)15(10-17)8-4-3-5-9-15/h6-7H,3-5,8-10,17H2,1-2H3. The summed E-state index contributed by atoms with van der Waals surface area (Å²) in [5.41, 5.74) is 8.37. The molecule has 1 fully saturated rings. The van der Waals surface area contributed by atoms with Gasteiger partial charge in [-0.1, -0.05) is 43.0 Å². The molecule has 2 N–H and O–H groups in total. The molecule has 0 unspecified atom stereocenters. The minimum atomic E-state index is 0.0519. The van der Waals surface area contributed by atoms with Crippen LogP contribution >= 0.6 is 11.6 Å². The van der Waals surface area contributed by atoms with Crippen LogP contribution in [0.3, 0.4) is 0 Å². The fraction of sp³-hybridized carbons (Fsp3) is 0.600. The highest BCUT2D eigenvalue weighted by atomic mass is 35.5. The van der Waals surface area contributed by atoms with Gasteiger partial charge in [0.2, 0.25) is 0 Å². The van der Waals surface area contributed by atoms with Gasteiger partial charge in [0.1, 0.15) is 5.75 Å². The van der Waals surface area contributed by atoms with Crippen molar-refractivity contribution in [2.24, 2.45) is 5.73 Å². The van der Waals surface area contributed by atoms with Crippen LogP contribution in [-0.4, -0.2) is 13.7 Å². The average Bonchev–Trinajstić information content (AvgIpc) is 2.40. The van der Waals surface area contributed by atoms with Crippen LogP contribution in [-0.2, 0) is 5.41 Å². The minimum absolute atomic E-state index is 0.0519. The van der Waals surface area contributed by atoms with E-state index in [2.05, 4.69) is 12.1 Å². The van der Waals surface area contributed by atoms with E-state index >= 15 is 0 Å². The van der Waals surface area contributed by atoms with Gasteiger partial charge in [0.05, 0.1) is 12.1 Å². The predicted octanol–water partition coefficient (Wildman–Crippen LogP) is 3.82. The maximum Gasteiger partial charge on any atom is 0.140 e. The Morgan fingerprint density at radius 3 is 2.50 bits per heavy atom. The molecule has 0 spiro atoms. The molecule has 0 radical (unpaired) electrons. The van der Waals surface area contributed by atoms with Crippen molar-refractivity contribution in [3.05, 3.63) is 28.3 Å². The molecule has 1 aromatic rings. The number of methoxy groups -OCH3 is 1. The van der Waals surface area contributed by atoms with Crippen molar-refractivity contribution in [3.8, 4) is 5.75 Å². The molecule has 0 aliphatic heterocycles. The van der Waals surface area contributed by atoms with Crippen LogP contribution in [0.5, 0.6) is 5.75 Å². The normalized spacial score (nSPS) is 18.7. The van der Waals surface area contributed by atoms with Crippen LogP contribution in [0.25, 0.3) is 0 Å². The highest BCUT2D eigenvalue weighted by Crippen LogP contribution is 2.45. The van der Waals surface area contributed by atoms with E-state index in [4.69, 9.17) is 22.1 Å². The number of rotatable bonds is 3. The number of halogens is 1. The van der Waals surface area contributed by atoms with E-state index in [0.717, 1.165) is 29.2 Å². The average molecular weight is 268 g/mol. The largest absolute Gasteiger partial charge is 0.495 e. The van der Waals surface area contributed by atoms with E-state index < -0.39 is 0 Å². The van der Waals surface area contributed by atoms with Gasteiger partial charge in [-0.05, 0) is 30.9 Å². The van der Waals surface area contributed by atoms with E-state index in [1.165, 1.54) is 24.8 Å². The summed E-state index contributed by atoms with van der Waals surface area (Å²) in [6, 6.07) is 4.23. The number of benzene rings is 1. The second kappa shape index (κ2) is 5.50. The van der Waals surface area contributed by atoms with Gasteiger partial charge in [0.25, 0.3) is 0 Å². The molecular formula is C15H22ClNO. The fourth-order valence-electron chi connectivity index (χ4n) is 3.12. The van der Waals surface area contributed by atoms with E-state index in [0.29, 0.717) is 6.54 Å². The molecule has 0 amide bonds. The number of nitrogens with two attached hydrogens (primary N) is 1. The monoisotopic (exact) mass is 267 g/mol. The molecule has 0 saturated heterocycles. The Morgan fingerprint density at radius 1 is 1.28 bits per heavy atom.